The van der Waals surface area contributed by atoms with Crippen LogP contribution in [-0.2, 0) is 16.0 Å². The smallest absolute Gasteiger partial charge is 0.302 e. The molecule has 0 spiro atoms. The first-order valence-corrected chi connectivity index (χ1v) is 9.51. The summed E-state index contributed by atoms with van der Waals surface area (Å²) < 4.78 is 5.00. The number of esters is 1. The van der Waals surface area contributed by atoms with E-state index in [-0.39, 0.29) is 5.97 Å². The van der Waals surface area contributed by atoms with Crippen molar-refractivity contribution in [3.63, 3.8) is 0 Å². The lowest BCUT2D eigenvalue weighted by atomic mass is 10.0. The van der Waals surface area contributed by atoms with E-state index in [2.05, 4.69) is 37.3 Å². The maximum atomic E-state index is 10.8. The summed E-state index contributed by atoms with van der Waals surface area (Å²) in [4.78, 5) is 10.8. The van der Waals surface area contributed by atoms with Crippen LogP contribution in [0.2, 0.25) is 0 Å². The van der Waals surface area contributed by atoms with Crippen molar-refractivity contribution in [2.24, 2.45) is 0 Å². The molecule has 0 fully saturated rings. The first kappa shape index (κ1) is 20.5. The van der Waals surface area contributed by atoms with Gasteiger partial charge < -0.3 is 4.74 Å². The molecule has 0 unspecified atom stereocenters. The molecule has 2 heteroatoms. The number of benzene rings is 1. The number of ether oxygens (including phenoxy) is 1. The summed E-state index contributed by atoms with van der Waals surface area (Å²) in [5.74, 6) is -0.233. The Bertz CT molecular complexity index is 485. The first-order chi connectivity index (χ1) is 11.6. The average molecular weight is 331 g/mol. The van der Waals surface area contributed by atoms with Crippen molar-refractivity contribution >= 4 is 12.0 Å². The second-order valence-corrected chi connectivity index (χ2v) is 6.74. The Kier molecular flexibility index (Phi) is 10.9. The number of hydrogen-bond donors (Lipinski definition) is 0. The second kappa shape index (κ2) is 12.8. The van der Waals surface area contributed by atoms with Crippen molar-refractivity contribution in [1.82, 2.24) is 0 Å². The van der Waals surface area contributed by atoms with E-state index in [1.807, 2.05) is 6.92 Å². The third-order valence-corrected chi connectivity index (χ3v) is 4.21. The molecule has 0 aliphatic rings. The molecule has 0 aliphatic heterocycles. The van der Waals surface area contributed by atoms with E-state index in [4.69, 9.17) is 4.74 Å². The van der Waals surface area contributed by atoms with Gasteiger partial charge in [0.1, 0.15) is 6.61 Å². The van der Waals surface area contributed by atoms with E-state index in [1.54, 1.807) is 0 Å². The van der Waals surface area contributed by atoms with Gasteiger partial charge in [-0.25, -0.2) is 0 Å². The van der Waals surface area contributed by atoms with Crippen LogP contribution in [0.15, 0.2) is 29.8 Å². The molecule has 2 nitrogen and oxygen atoms in total. The van der Waals surface area contributed by atoms with E-state index < -0.39 is 0 Å². The van der Waals surface area contributed by atoms with E-state index in [1.165, 1.54) is 75.8 Å². The lowest BCUT2D eigenvalue weighted by Crippen LogP contribution is -2.01. The molecule has 1 rings (SSSR count). The number of aryl methyl sites for hydroxylation is 1. The van der Waals surface area contributed by atoms with Crippen molar-refractivity contribution in [1.29, 1.82) is 0 Å². The zero-order valence-electron chi connectivity index (χ0n) is 15.8. The Morgan fingerprint density at radius 3 is 2.08 bits per heavy atom. The Hall–Kier alpha value is -1.57. The molecule has 0 bridgehead atoms. The predicted octanol–water partition coefficient (Wildman–Crippen LogP) is 6.34. The molecule has 0 N–H and O–H groups in total. The minimum atomic E-state index is -0.233. The fourth-order valence-electron chi connectivity index (χ4n) is 2.79. The van der Waals surface area contributed by atoms with Crippen LogP contribution in [0.3, 0.4) is 0 Å². The predicted molar refractivity (Wildman–Crippen MR) is 103 cm³/mol. The lowest BCUT2D eigenvalue weighted by Gasteiger charge is -2.05. The normalized spacial score (nSPS) is 11.5. The third kappa shape index (κ3) is 10.3. The quantitative estimate of drug-likeness (QED) is 0.330. The van der Waals surface area contributed by atoms with Crippen LogP contribution in [-0.4, -0.2) is 12.6 Å². The topological polar surface area (TPSA) is 26.3 Å². The average Bonchev–Trinajstić information content (AvgIpc) is 2.57. The number of hydrogen-bond acceptors (Lipinski definition) is 2. The fourth-order valence-corrected chi connectivity index (χ4v) is 2.79. The monoisotopic (exact) mass is 330 g/mol. The van der Waals surface area contributed by atoms with Crippen molar-refractivity contribution < 1.29 is 9.53 Å². The number of carbonyl (C=O) groups excluding carboxylic acids is 1. The summed E-state index contributed by atoms with van der Waals surface area (Å²) in [5, 5.41) is 0. The molecule has 0 atom stereocenters. The van der Waals surface area contributed by atoms with E-state index in [0.29, 0.717) is 6.61 Å². The molecule has 0 amide bonds. The summed E-state index contributed by atoms with van der Waals surface area (Å²) >= 11 is 0. The maximum Gasteiger partial charge on any atom is 0.302 e. The molecular formula is C22H34O2. The molecule has 0 aromatic heterocycles. The summed E-state index contributed by atoms with van der Waals surface area (Å²) in [6.07, 6.45) is 14.2. The van der Waals surface area contributed by atoms with Gasteiger partial charge in [0, 0.05) is 6.92 Å². The zero-order chi connectivity index (χ0) is 17.6. The molecule has 0 saturated heterocycles. The highest BCUT2D eigenvalue weighted by atomic mass is 16.5. The number of unbranched alkanes of at least 4 members (excludes halogenated alkanes) is 7. The van der Waals surface area contributed by atoms with Gasteiger partial charge in [0.15, 0.2) is 0 Å². The molecule has 0 aliphatic carbocycles. The highest BCUT2D eigenvalue weighted by Crippen LogP contribution is 2.13. The SMILES string of the molecule is CCCCCCCCCCc1ccc(/C=C(\C)COC(C)=O)cc1. The molecule has 134 valence electrons. The van der Waals surface area contributed by atoms with Gasteiger partial charge in [-0.15, -0.1) is 0 Å². The Morgan fingerprint density at radius 1 is 0.917 bits per heavy atom. The summed E-state index contributed by atoms with van der Waals surface area (Å²) in [6, 6.07) is 8.73. The van der Waals surface area contributed by atoms with E-state index in [0.717, 1.165) is 5.57 Å². The highest BCUT2D eigenvalue weighted by Gasteiger charge is 1.98. The zero-order valence-corrected chi connectivity index (χ0v) is 15.8. The minimum Gasteiger partial charge on any atom is -0.461 e. The van der Waals surface area contributed by atoms with Crippen molar-refractivity contribution in [2.75, 3.05) is 6.61 Å². The standard InChI is InChI=1S/C22H34O2/c1-4-5-6-7-8-9-10-11-12-21-13-15-22(16-14-21)17-19(2)18-24-20(3)23/h13-17H,4-12,18H2,1-3H3/b19-17+. The molecule has 24 heavy (non-hydrogen) atoms. The highest BCUT2D eigenvalue weighted by molar-refractivity contribution is 5.66. The van der Waals surface area contributed by atoms with Gasteiger partial charge in [-0.1, -0.05) is 82.2 Å². The lowest BCUT2D eigenvalue weighted by molar-refractivity contribution is -0.139. The molecule has 0 heterocycles. The van der Waals surface area contributed by atoms with Crippen molar-refractivity contribution in [3.05, 3.63) is 41.0 Å². The Balaban J connectivity index is 2.22. The maximum absolute atomic E-state index is 10.8. The molecule has 1 aromatic rings. The van der Waals surface area contributed by atoms with Gasteiger partial charge in [-0.2, -0.15) is 0 Å². The van der Waals surface area contributed by atoms with Crippen molar-refractivity contribution in [2.45, 2.75) is 78.6 Å². The van der Waals surface area contributed by atoms with Gasteiger partial charge in [-0.05, 0) is 36.5 Å². The van der Waals surface area contributed by atoms with Crippen LogP contribution in [0.25, 0.3) is 6.08 Å². The molecular weight excluding hydrogens is 296 g/mol. The summed E-state index contributed by atoms with van der Waals surface area (Å²) in [6.45, 7) is 6.06. The van der Waals surface area contributed by atoms with Gasteiger partial charge in [-0.3, -0.25) is 4.79 Å². The van der Waals surface area contributed by atoms with E-state index in [9.17, 15) is 4.79 Å². The molecule has 0 saturated carbocycles. The largest absolute Gasteiger partial charge is 0.461 e. The Morgan fingerprint density at radius 2 is 1.50 bits per heavy atom. The fraction of sp³-hybridized carbons (Fsp3) is 0.591. The Labute approximate surface area is 148 Å². The van der Waals surface area contributed by atoms with Gasteiger partial charge in [0.05, 0.1) is 0 Å². The van der Waals surface area contributed by atoms with Crippen LogP contribution in [0, 0.1) is 0 Å². The molecule has 1 aromatic carbocycles. The van der Waals surface area contributed by atoms with Crippen LogP contribution in [0.5, 0.6) is 0 Å². The van der Waals surface area contributed by atoms with E-state index >= 15 is 0 Å². The first-order valence-electron chi connectivity index (χ1n) is 9.51. The van der Waals surface area contributed by atoms with Crippen molar-refractivity contribution in [3.8, 4) is 0 Å². The second-order valence-electron chi connectivity index (χ2n) is 6.74. The summed E-state index contributed by atoms with van der Waals surface area (Å²) in [5.41, 5.74) is 3.64. The van der Waals surface area contributed by atoms with Gasteiger partial charge in [0.2, 0.25) is 0 Å². The number of rotatable bonds is 12. The number of carbonyl (C=O) groups is 1. The third-order valence-electron chi connectivity index (χ3n) is 4.21. The van der Waals surface area contributed by atoms with Gasteiger partial charge >= 0.3 is 5.97 Å². The van der Waals surface area contributed by atoms with Crippen LogP contribution in [0.1, 0.15) is 83.3 Å². The van der Waals surface area contributed by atoms with Crippen LogP contribution >= 0.6 is 0 Å². The summed E-state index contributed by atoms with van der Waals surface area (Å²) in [7, 11) is 0. The molecule has 0 radical (unpaired) electrons. The van der Waals surface area contributed by atoms with Crippen LogP contribution in [0.4, 0.5) is 0 Å². The minimum absolute atomic E-state index is 0.233. The van der Waals surface area contributed by atoms with Gasteiger partial charge in [0.25, 0.3) is 0 Å². The van der Waals surface area contributed by atoms with Crippen LogP contribution < -0.4 is 0 Å².